The van der Waals surface area contributed by atoms with Crippen LogP contribution in [0.4, 0.5) is 4.39 Å². The van der Waals surface area contributed by atoms with Crippen molar-refractivity contribution in [1.82, 2.24) is 9.73 Å². The Kier molecular flexibility index (Phi) is 5.69. The molecule has 0 unspecified atom stereocenters. The zero-order valence-electron chi connectivity index (χ0n) is 16.2. The highest BCUT2D eigenvalue weighted by atomic mass is 35.5. The lowest BCUT2D eigenvalue weighted by molar-refractivity contribution is 0.0149. The molecule has 2 aromatic rings. The lowest BCUT2D eigenvalue weighted by Gasteiger charge is -2.38. The molecule has 1 saturated carbocycles. The Balaban J connectivity index is 1.77. The summed E-state index contributed by atoms with van der Waals surface area (Å²) in [7, 11) is -3.93. The largest absolute Gasteiger partial charge is 0.377 e. The lowest BCUT2D eigenvalue weighted by atomic mass is 10.1. The van der Waals surface area contributed by atoms with Crippen LogP contribution in [0.5, 0.6) is 0 Å². The van der Waals surface area contributed by atoms with E-state index in [2.05, 4.69) is 9.93 Å². The molecule has 1 saturated heterocycles. The average Bonchev–Trinajstić information content (AvgIpc) is 3.44. The number of rotatable bonds is 4. The first kappa shape index (κ1) is 21.4. The number of nitrogens with one attached hydrogen (secondary N) is 1. The van der Waals surface area contributed by atoms with E-state index in [1.54, 1.807) is 12.1 Å². The Hall–Kier alpha value is -1.87. The van der Waals surface area contributed by atoms with Crippen molar-refractivity contribution in [3.8, 4) is 0 Å². The van der Waals surface area contributed by atoms with E-state index in [9.17, 15) is 12.8 Å². The Labute approximate surface area is 184 Å². The van der Waals surface area contributed by atoms with Crippen LogP contribution in [0.15, 0.2) is 46.4 Å². The summed E-state index contributed by atoms with van der Waals surface area (Å²) in [5.74, 6) is -0.335. The van der Waals surface area contributed by atoms with Crippen LogP contribution >= 0.6 is 23.2 Å². The number of hydrogen-bond donors (Lipinski definition) is 1. The maximum Gasteiger partial charge on any atom is 0.276 e. The minimum Gasteiger partial charge on any atom is -0.377 e. The van der Waals surface area contributed by atoms with Gasteiger partial charge in [0.15, 0.2) is 5.84 Å². The van der Waals surface area contributed by atoms with Gasteiger partial charge in [0.1, 0.15) is 5.82 Å². The summed E-state index contributed by atoms with van der Waals surface area (Å²) < 4.78 is 44.9. The molecule has 6 nitrogen and oxygen atoms in total. The molecule has 0 bridgehead atoms. The van der Waals surface area contributed by atoms with Crippen LogP contribution in [0, 0.1) is 12.7 Å². The Morgan fingerprint density at radius 1 is 1.20 bits per heavy atom. The molecule has 2 fully saturated rings. The fourth-order valence-corrected chi connectivity index (χ4v) is 4.94. The second kappa shape index (κ2) is 8.00. The van der Waals surface area contributed by atoms with E-state index < -0.39 is 15.8 Å². The maximum absolute atomic E-state index is 13.8. The highest BCUT2D eigenvalue weighted by molar-refractivity contribution is 7.89. The normalized spacial score (nSPS) is 18.5. The fraction of sp³-hybridized carbons (Fsp3) is 0.350. The van der Waals surface area contributed by atoms with Crippen molar-refractivity contribution >= 4 is 39.1 Å². The number of aryl methyl sites for hydroxylation is 1. The topological polar surface area (TPSA) is 71.0 Å². The summed E-state index contributed by atoms with van der Waals surface area (Å²) >= 11 is 12.6. The van der Waals surface area contributed by atoms with Crippen molar-refractivity contribution in [3.63, 3.8) is 0 Å². The van der Waals surface area contributed by atoms with Gasteiger partial charge >= 0.3 is 0 Å². The average molecular weight is 472 g/mol. The monoisotopic (exact) mass is 471 g/mol. The Morgan fingerprint density at radius 2 is 1.83 bits per heavy atom. The van der Waals surface area contributed by atoms with Gasteiger partial charge in [-0.3, -0.25) is 0 Å². The van der Waals surface area contributed by atoms with Gasteiger partial charge in [0, 0.05) is 6.54 Å². The molecular formula is C20H20Cl2FN3O3S. The third kappa shape index (κ3) is 4.14. The van der Waals surface area contributed by atoms with Gasteiger partial charge in [0.05, 0.1) is 39.3 Å². The van der Waals surface area contributed by atoms with Gasteiger partial charge in [-0.25, -0.2) is 4.39 Å². The van der Waals surface area contributed by atoms with Crippen molar-refractivity contribution < 1.29 is 17.5 Å². The Morgan fingerprint density at radius 3 is 2.43 bits per heavy atom. The number of nitrogens with zero attached hydrogens (tertiary/aromatic N) is 2. The molecule has 1 spiro atoms. The lowest BCUT2D eigenvalue weighted by Crippen LogP contribution is -2.51. The number of hydrogen-bond acceptors (Lipinski definition) is 4. The molecule has 2 aliphatic rings. The number of amidine groups is 1. The van der Waals surface area contributed by atoms with Crippen LogP contribution in [-0.2, 0) is 14.8 Å². The van der Waals surface area contributed by atoms with Crippen molar-refractivity contribution in [3.05, 3.63) is 63.4 Å². The smallest absolute Gasteiger partial charge is 0.276 e. The van der Waals surface area contributed by atoms with E-state index in [0.717, 1.165) is 30.5 Å². The minimum atomic E-state index is -3.93. The number of hydrazone groups is 1. The van der Waals surface area contributed by atoms with Crippen LogP contribution in [0.3, 0.4) is 0 Å². The number of morpholine rings is 1. The van der Waals surface area contributed by atoms with Crippen molar-refractivity contribution in [1.29, 1.82) is 0 Å². The predicted octanol–water partition coefficient (Wildman–Crippen LogP) is 3.95. The van der Waals surface area contributed by atoms with Crippen LogP contribution < -0.4 is 4.83 Å². The molecule has 30 heavy (non-hydrogen) atoms. The standard InChI is InChI=1S/C20H20Cl2FN3O3S/c1-13-2-4-15(5-3-13)30(27,28)25-24-19(18-16(21)10-14(23)11-17(18)22)26-8-9-29-12-20(26)6-7-20/h2-5,10-11,25H,6-9,12H2,1H3/b24-19+. The minimum absolute atomic E-state index is 0.0515. The summed E-state index contributed by atoms with van der Waals surface area (Å²) in [5.41, 5.74) is 0.930. The molecule has 0 atom stereocenters. The molecule has 10 heteroatoms. The second-order valence-corrected chi connectivity index (χ2v) is 9.99. The van der Waals surface area contributed by atoms with Gasteiger partial charge < -0.3 is 9.64 Å². The van der Waals surface area contributed by atoms with E-state index in [4.69, 9.17) is 27.9 Å². The van der Waals surface area contributed by atoms with Crippen LogP contribution in [-0.4, -0.2) is 44.5 Å². The van der Waals surface area contributed by atoms with E-state index in [0.29, 0.717) is 19.8 Å². The zero-order chi connectivity index (χ0) is 21.5. The number of sulfonamides is 1. The quantitative estimate of drug-likeness (QED) is 0.416. The predicted molar refractivity (Wildman–Crippen MR) is 114 cm³/mol. The molecule has 0 aromatic heterocycles. The third-order valence-corrected chi connectivity index (χ3v) is 7.14. The maximum atomic E-state index is 13.8. The summed E-state index contributed by atoms with van der Waals surface area (Å²) in [5, 5.41) is 4.34. The third-order valence-electron chi connectivity index (χ3n) is 5.32. The van der Waals surface area contributed by atoms with Crippen LogP contribution in [0.2, 0.25) is 10.0 Å². The Bertz CT molecular complexity index is 1080. The number of halogens is 3. The molecule has 0 radical (unpaired) electrons. The molecule has 1 aliphatic heterocycles. The highest BCUT2D eigenvalue weighted by Crippen LogP contribution is 2.45. The summed E-state index contributed by atoms with van der Waals surface area (Å²) in [6.07, 6.45) is 1.74. The van der Waals surface area contributed by atoms with E-state index in [1.807, 2.05) is 11.8 Å². The first-order valence-corrected chi connectivity index (χ1v) is 11.6. The summed E-state index contributed by atoms with van der Waals surface area (Å²) in [6.45, 7) is 3.29. The fourth-order valence-electron chi connectivity index (χ4n) is 3.50. The first-order chi connectivity index (χ1) is 14.2. The molecule has 160 valence electrons. The zero-order valence-corrected chi connectivity index (χ0v) is 18.5. The second-order valence-electron chi connectivity index (χ2n) is 7.52. The van der Waals surface area contributed by atoms with E-state index in [-0.39, 0.29) is 31.9 Å². The van der Waals surface area contributed by atoms with E-state index in [1.165, 1.54) is 12.1 Å². The van der Waals surface area contributed by atoms with E-state index >= 15 is 0 Å². The molecule has 1 N–H and O–H groups in total. The molecular weight excluding hydrogens is 452 g/mol. The molecule has 0 amide bonds. The van der Waals surface area contributed by atoms with Crippen molar-refractivity contribution in [2.24, 2.45) is 5.10 Å². The molecule has 2 aromatic carbocycles. The summed E-state index contributed by atoms with van der Waals surface area (Å²) in [6, 6.07) is 8.67. The molecule has 1 aliphatic carbocycles. The van der Waals surface area contributed by atoms with Gasteiger partial charge in [-0.2, -0.15) is 13.2 Å². The molecule has 1 heterocycles. The highest BCUT2D eigenvalue weighted by Gasteiger charge is 2.52. The van der Waals surface area contributed by atoms with Gasteiger partial charge in [-0.05, 0) is 44.0 Å². The van der Waals surface area contributed by atoms with Gasteiger partial charge in [0.25, 0.3) is 10.0 Å². The van der Waals surface area contributed by atoms with Crippen LogP contribution in [0.1, 0.15) is 24.0 Å². The van der Waals surface area contributed by atoms with Gasteiger partial charge in [-0.1, -0.05) is 40.9 Å². The SMILES string of the molecule is Cc1ccc(S(=O)(=O)N/N=C(\c2c(Cl)cc(F)cc2Cl)N2CCOCC23CC3)cc1. The van der Waals surface area contributed by atoms with Gasteiger partial charge in [0.2, 0.25) is 0 Å². The van der Waals surface area contributed by atoms with Crippen molar-refractivity contribution in [2.45, 2.75) is 30.2 Å². The van der Waals surface area contributed by atoms with Gasteiger partial charge in [-0.15, -0.1) is 5.10 Å². The summed E-state index contributed by atoms with van der Waals surface area (Å²) in [4.78, 5) is 4.33. The number of benzene rings is 2. The molecule has 4 rings (SSSR count). The number of ether oxygens (including phenoxy) is 1. The van der Waals surface area contributed by atoms with Crippen LogP contribution in [0.25, 0.3) is 0 Å². The van der Waals surface area contributed by atoms with Crippen molar-refractivity contribution in [2.75, 3.05) is 19.8 Å². The first-order valence-electron chi connectivity index (χ1n) is 9.38.